The molecule has 2 rings (SSSR count). The number of unbranched alkanes of at least 4 members (excludes halogenated alkanes) is 10. The van der Waals surface area contributed by atoms with Crippen LogP contribution >= 0.6 is 11.8 Å². The molecule has 0 aliphatic carbocycles. The minimum atomic E-state index is 0.137. The van der Waals surface area contributed by atoms with Crippen LogP contribution in [0.1, 0.15) is 114 Å². The van der Waals surface area contributed by atoms with Crippen molar-refractivity contribution in [2.45, 2.75) is 104 Å². The van der Waals surface area contributed by atoms with Gasteiger partial charge in [0.2, 0.25) is 0 Å². The summed E-state index contributed by atoms with van der Waals surface area (Å²) in [7, 11) is 0. The van der Waals surface area contributed by atoms with Crippen molar-refractivity contribution in [2.24, 2.45) is 0 Å². The Morgan fingerprint density at radius 3 is 2.17 bits per heavy atom. The molecule has 0 N–H and O–H groups in total. The molecular formula is C26H42N2OS. The maximum absolute atomic E-state index is 12.7. The monoisotopic (exact) mass is 430 g/mol. The third kappa shape index (κ3) is 9.24. The van der Waals surface area contributed by atoms with E-state index in [1.165, 1.54) is 89.2 Å². The van der Waals surface area contributed by atoms with Crippen molar-refractivity contribution in [3.8, 4) is 0 Å². The van der Waals surface area contributed by atoms with Crippen LogP contribution in [0.5, 0.6) is 0 Å². The third-order valence-electron chi connectivity index (χ3n) is 5.91. The number of allylic oxidation sites excluding steroid dienone is 2. The van der Waals surface area contributed by atoms with Gasteiger partial charge in [-0.05, 0) is 37.8 Å². The number of Topliss-reactive ketones (excluding diaryl/α,β-unsaturated/α-hetero) is 1. The Morgan fingerprint density at radius 2 is 1.53 bits per heavy atom. The summed E-state index contributed by atoms with van der Waals surface area (Å²) in [5.74, 6) is 1.06. The minimum Gasteiger partial charge on any atom is -0.357 e. The van der Waals surface area contributed by atoms with Gasteiger partial charge in [-0.1, -0.05) is 84.1 Å². The number of hydrogen-bond acceptors (Lipinski definition) is 4. The highest BCUT2D eigenvalue weighted by molar-refractivity contribution is 8.03. The maximum atomic E-state index is 12.7. The highest BCUT2D eigenvalue weighted by atomic mass is 32.2. The molecule has 0 saturated heterocycles. The molecule has 3 nitrogen and oxygen atoms in total. The Hall–Kier alpha value is -1.29. The van der Waals surface area contributed by atoms with Gasteiger partial charge in [-0.2, -0.15) is 0 Å². The van der Waals surface area contributed by atoms with Gasteiger partial charge in [0.25, 0.3) is 0 Å². The van der Waals surface area contributed by atoms with Gasteiger partial charge >= 0.3 is 0 Å². The lowest BCUT2D eigenvalue weighted by atomic mass is 10.1. The van der Waals surface area contributed by atoms with E-state index in [0.717, 1.165) is 12.3 Å². The smallest absolute Gasteiger partial charge is 0.200 e. The first kappa shape index (κ1) is 25.0. The quantitative estimate of drug-likeness (QED) is 0.185. The van der Waals surface area contributed by atoms with Crippen molar-refractivity contribution in [3.63, 3.8) is 0 Å². The number of carbonyl (C=O) groups is 1. The lowest BCUT2D eigenvalue weighted by molar-refractivity contribution is 0.0952. The fourth-order valence-electron chi connectivity index (χ4n) is 4.07. The largest absolute Gasteiger partial charge is 0.357 e. The Bertz CT molecular complexity index is 629. The summed E-state index contributed by atoms with van der Waals surface area (Å²) in [5, 5.41) is 0. The van der Waals surface area contributed by atoms with Gasteiger partial charge < -0.3 is 4.90 Å². The Morgan fingerprint density at radius 1 is 0.900 bits per heavy atom. The molecule has 1 aliphatic rings. The molecule has 0 saturated carbocycles. The second kappa shape index (κ2) is 15.5. The molecule has 30 heavy (non-hydrogen) atoms. The second-order valence-corrected chi connectivity index (χ2v) is 9.55. The van der Waals surface area contributed by atoms with Crippen LogP contribution in [-0.4, -0.2) is 28.1 Å². The average molecular weight is 431 g/mol. The Kier molecular flexibility index (Phi) is 12.9. The van der Waals surface area contributed by atoms with E-state index in [1.54, 1.807) is 11.1 Å². The zero-order chi connectivity index (χ0) is 21.4. The topological polar surface area (TPSA) is 33.2 Å². The number of ketones is 1. The molecule has 0 radical (unpaired) electrons. The highest BCUT2D eigenvalue weighted by Crippen LogP contribution is 2.38. The van der Waals surface area contributed by atoms with E-state index in [9.17, 15) is 4.79 Å². The van der Waals surface area contributed by atoms with Crippen LogP contribution in [0.25, 0.3) is 0 Å². The van der Waals surface area contributed by atoms with E-state index in [1.807, 2.05) is 30.0 Å². The summed E-state index contributed by atoms with van der Waals surface area (Å²) in [6.07, 6.45) is 20.0. The summed E-state index contributed by atoms with van der Waals surface area (Å²) in [4.78, 5) is 20.9. The normalized spacial score (nSPS) is 14.0. The molecule has 0 aromatic carbocycles. The zero-order valence-electron chi connectivity index (χ0n) is 19.3. The lowest BCUT2D eigenvalue weighted by Gasteiger charge is -2.21. The van der Waals surface area contributed by atoms with E-state index >= 15 is 0 Å². The van der Waals surface area contributed by atoms with Crippen molar-refractivity contribution in [3.05, 3.63) is 40.7 Å². The summed E-state index contributed by atoms with van der Waals surface area (Å²) < 4.78 is 0. The summed E-state index contributed by atoms with van der Waals surface area (Å²) in [6, 6.07) is 5.60. The van der Waals surface area contributed by atoms with Crippen LogP contribution in [0.2, 0.25) is 0 Å². The fraction of sp³-hybridized carbons (Fsp3) is 0.692. The molecule has 1 aromatic rings. The molecule has 0 spiro atoms. The van der Waals surface area contributed by atoms with Crippen LogP contribution in [-0.2, 0) is 0 Å². The second-order valence-electron chi connectivity index (χ2n) is 8.51. The standard InChI is InChI=1S/C26H42N2OS/c1-3-5-7-9-11-13-18-24-26(19-14-12-10-8-6-4-2)30-22-28(24)21-25(29)23-17-15-16-20-27-23/h15-17,20H,3-14,18-19,21-22H2,1-2H3. The Labute approximate surface area is 189 Å². The van der Waals surface area contributed by atoms with Gasteiger partial charge in [-0.15, -0.1) is 11.8 Å². The van der Waals surface area contributed by atoms with Crippen LogP contribution in [0.15, 0.2) is 35.0 Å². The molecule has 1 aliphatic heterocycles. The predicted octanol–water partition coefficient (Wildman–Crippen LogP) is 7.98. The van der Waals surface area contributed by atoms with Crippen LogP contribution < -0.4 is 0 Å². The van der Waals surface area contributed by atoms with Crippen LogP contribution in [0.3, 0.4) is 0 Å². The summed E-state index contributed by atoms with van der Waals surface area (Å²) in [6.45, 7) is 5.01. The van der Waals surface area contributed by atoms with E-state index in [0.29, 0.717) is 12.2 Å². The van der Waals surface area contributed by atoms with Crippen LogP contribution in [0, 0.1) is 0 Å². The SMILES string of the molecule is CCCCCCCCC1=C(CCCCCCCC)N(CC(=O)c2ccccn2)CS1. The fourth-order valence-corrected chi connectivity index (χ4v) is 5.31. The number of nitrogens with zero attached hydrogens (tertiary/aromatic N) is 2. The van der Waals surface area contributed by atoms with Gasteiger partial charge in [0, 0.05) is 16.8 Å². The molecule has 0 amide bonds. The molecular weight excluding hydrogens is 388 g/mol. The summed E-state index contributed by atoms with van der Waals surface area (Å²) >= 11 is 1.97. The molecule has 168 valence electrons. The van der Waals surface area contributed by atoms with E-state index in [2.05, 4.69) is 23.7 Å². The molecule has 0 unspecified atom stereocenters. The molecule has 2 heterocycles. The van der Waals surface area contributed by atoms with E-state index in [-0.39, 0.29) is 5.78 Å². The summed E-state index contributed by atoms with van der Waals surface area (Å²) in [5.41, 5.74) is 2.04. The highest BCUT2D eigenvalue weighted by Gasteiger charge is 2.24. The van der Waals surface area contributed by atoms with Crippen molar-refractivity contribution >= 4 is 17.5 Å². The van der Waals surface area contributed by atoms with E-state index in [4.69, 9.17) is 0 Å². The van der Waals surface area contributed by atoms with Gasteiger partial charge in [0.05, 0.1) is 12.4 Å². The van der Waals surface area contributed by atoms with Gasteiger partial charge in [-0.3, -0.25) is 9.78 Å². The number of hydrogen-bond donors (Lipinski definition) is 0. The average Bonchev–Trinajstić information content (AvgIpc) is 3.15. The maximum Gasteiger partial charge on any atom is 0.200 e. The number of pyridine rings is 1. The number of rotatable bonds is 17. The first-order valence-electron chi connectivity index (χ1n) is 12.3. The molecule has 0 atom stereocenters. The third-order valence-corrected chi connectivity index (χ3v) is 7.14. The number of thioether (sulfide) groups is 1. The minimum absolute atomic E-state index is 0.137. The van der Waals surface area contributed by atoms with Crippen molar-refractivity contribution in [1.82, 2.24) is 9.88 Å². The number of carbonyl (C=O) groups excluding carboxylic acids is 1. The molecule has 4 heteroatoms. The molecule has 1 aromatic heterocycles. The first-order chi connectivity index (χ1) is 14.8. The van der Waals surface area contributed by atoms with Gasteiger partial charge in [-0.25, -0.2) is 0 Å². The number of aromatic nitrogens is 1. The van der Waals surface area contributed by atoms with Crippen molar-refractivity contribution < 1.29 is 4.79 Å². The predicted molar refractivity (Wildman–Crippen MR) is 131 cm³/mol. The lowest BCUT2D eigenvalue weighted by Crippen LogP contribution is -2.27. The van der Waals surface area contributed by atoms with Crippen molar-refractivity contribution in [1.29, 1.82) is 0 Å². The van der Waals surface area contributed by atoms with E-state index < -0.39 is 0 Å². The molecule has 0 fully saturated rings. The van der Waals surface area contributed by atoms with Gasteiger partial charge in [0.1, 0.15) is 5.69 Å². The van der Waals surface area contributed by atoms with Crippen molar-refractivity contribution in [2.75, 3.05) is 12.4 Å². The first-order valence-corrected chi connectivity index (χ1v) is 13.3. The zero-order valence-corrected chi connectivity index (χ0v) is 20.2. The van der Waals surface area contributed by atoms with Crippen LogP contribution in [0.4, 0.5) is 0 Å². The molecule has 0 bridgehead atoms. The Balaban J connectivity index is 1.89. The van der Waals surface area contributed by atoms with Gasteiger partial charge in [0.15, 0.2) is 5.78 Å².